The van der Waals surface area contributed by atoms with Crippen molar-refractivity contribution in [3.05, 3.63) is 28.8 Å². The summed E-state index contributed by atoms with van der Waals surface area (Å²) in [6.45, 7) is 1.96. The molecule has 0 fully saturated rings. The minimum Gasteiger partial charge on any atom is -0.488 e. The molecule has 3 heteroatoms. The molecule has 0 amide bonds. The van der Waals surface area contributed by atoms with Crippen molar-refractivity contribution in [1.82, 2.24) is 0 Å². The normalized spacial score (nSPS) is 26.6. The molecule has 0 spiro atoms. The molecule has 0 saturated carbocycles. The van der Waals surface area contributed by atoms with Gasteiger partial charge in [0.25, 0.3) is 0 Å². The van der Waals surface area contributed by atoms with Crippen LogP contribution in [-0.4, -0.2) is 6.10 Å². The Kier molecular flexibility index (Phi) is 1.74. The van der Waals surface area contributed by atoms with Crippen LogP contribution < -0.4 is 10.5 Å². The fraction of sp³-hybridized carbons (Fsp3) is 0.333. The van der Waals surface area contributed by atoms with Gasteiger partial charge >= 0.3 is 0 Å². The van der Waals surface area contributed by atoms with Crippen LogP contribution in [-0.2, 0) is 0 Å². The van der Waals surface area contributed by atoms with E-state index >= 15 is 0 Å². The van der Waals surface area contributed by atoms with Gasteiger partial charge in [-0.25, -0.2) is 0 Å². The lowest BCUT2D eigenvalue weighted by atomic mass is 10.1. The van der Waals surface area contributed by atoms with Gasteiger partial charge in [-0.15, -0.1) is 0 Å². The minimum atomic E-state index is -0.0164. The van der Waals surface area contributed by atoms with Crippen LogP contribution >= 0.6 is 11.6 Å². The maximum atomic E-state index is 5.87. The van der Waals surface area contributed by atoms with Gasteiger partial charge in [-0.05, 0) is 19.1 Å². The zero-order valence-corrected chi connectivity index (χ0v) is 7.51. The first kappa shape index (κ1) is 7.90. The fourth-order valence-electron chi connectivity index (χ4n) is 1.41. The van der Waals surface area contributed by atoms with Gasteiger partial charge in [-0.1, -0.05) is 17.7 Å². The molecule has 12 heavy (non-hydrogen) atoms. The van der Waals surface area contributed by atoms with Crippen molar-refractivity contribution in [1.29, 1.82) is 0 Å². The van der Waals surface area contributed by atoms with Gasteiger partial charge in [0.05, 0.1) is 6.04 Å². The molecule has 2 unspecified atom stereocenters. The maximum absolute atomic E-state index is 5.87. The molecule has 64 valence electrons. The molecule has 1 heterocycles. The fourth-order valence-corrected chi connectivity index (χ4v) is 1.57. The monoisotopic (exact) mass is 183 g/mol. The summed E-state index contributed by atoms with van der Waals surface area (Å²) in [5.74, 6) is 0.822. The number of rotatable bonds is 0. The average molecular weight is 184 g/mol. The van der Waals surface area contributed by atoms with E-state index in [1.165, 1.54) is 0 Å². The molecule has 0 aliphatic carbocycles. The van der Waals surface area contributed by atoms with Crippen LogP contribution in [0.1, 0.15) is 18.5 Å². The molecule has 1 aliphatic heterocycles. The number of hydrogen-bond donors (Lipinski definition) is 1. The van der Waals surface area contributed by atoms with Crippen LogP contribution in [0.15, 0.2) is 18.2 Å². The van der Waals surface area contributed by atoms with Crippen LogP contribution in [0.4, 0.5) is 0 Å². The van der Waals surface area contributed by atoms with E-state index in [4.69, 9.17) is 22.1 Å². The van der Waals surface area contributed by atoms with Crippen LogP contribution in [0, 0.1) is 0 Å². The van der Waals surface area contributed by atoms with E-state index in [1.54, 1.807) is 6.07 Å². The highest BCUT2D eigenvalue weighted by molar-refractivity contribution is 6.30. The summed E-state index contributed by atoms with van der Waals surface area (Å²) in [5.41, 5.74) is 6.92. The van der Waals surface area contributed by atoms with Crippen LogP contribution in [0.2, 0.25) is 5.02 Å². The van der Waals surface area contributed by atoms with Crippen molar-refractivity contribution in [2.24, 2.45) is 5.73 Å². The number of ether oxygens (including phenoxy) is 1. The van der Waals surface area contributed by atoms with Gasteiger partial charge in [0.1, 0.15) is 11.9 Å². The lowest BCUT2D eigenvalue weighted by molar-refractivity contribution is 0.228. The van der Waals surface area contributed by atoms with Crippen LogP contribution in [0.5, 0.6) is 5.75 Å². The van der Waals surface area contributed by atoms with Crippen molar-refractivity contribution >= 4 is 11.6 Å². The second-order valence-electron chi connectivity index (χ2n) is 3.03. The third-order valence-corrected chi connectivity index (χ3v) is 2.39. The zero-order chi connectivity index (χ0) is 8.72. The van der Waals surface area contributed by atoms with Gasteiger partial charge in [-0.2, -0.15) is 0 Å². The first-order valence-electron chi connectivity index (χ1n) is 3.90. The summed E-state index contributed by atoms with van der Waals surface area (Å²) in [6.07, 6.45) is 0.0541. The van der Waals surface area contributed by atoms with E-state index in [2.05, 4.69) is 0 Å². The van der Waals surface area contributed by atoms with Crippen molar-refractivity contribution < 1.29 is 4.74 Å². The summed E-state index contributed by atoms with van der Waals surface area (Å²) >= 11 is 5.80. The smallest absolute Gasteiger partial charge is 0.126 e. The molecule has 1 aromatic carbocycles. The minimum absolute atomic E-state index is 0.0164. The van der Waals surface area contributed by atoms with Gasteiger partial charge in [0.2, 0.25) is 0 Å². The quantitative estimate of drug-likeness (QED) is 0.669. The van der Waals surface area contributed by atoms with Crippen molar-refractivity contribution in [2.75, 3.05) is 0 Å². The van der Waals surface area contributed by atoms with E-state index in [-0.39, 0.29) is 12.1 Å². The molecule has 0 aromatic heterocycles. The number of nitrogens with two attached hydrogens (primary N) is 1. The highest BCUT2D eigenvalue weighted by Crippen LogP contribution is 2.36. The predicted molar refractivity (Wildman–Crippen MR) is 48.5 cm³/mol. The molecule has 1 aliphatic rings. The molecular weight excluding hydrogens is 174 g/mol. The van der Waals surface area contributed by atoms with E-state index in [9.17, 15) is 0 Å². The summed E-state index contributed by atoms with van der Waals surface area (Å²) in [5, 5.41) is 0.690. The SMILES string of the molecule is CC1Oc2cc(Cl)ccc2C1N. The van der Waals surface area contributed by atoms with Crippen molar-refractivity contribution in [2.45, 2.75) is 19.1 Å². The highest BCUT2D eigenvalue weighted by atomic mass is 35.5. The molecule has 1 aromatic rings. The molecule has 0 radical (unpaired) electrons. The largest absolute Gasteiger partial charge is 0.488 e. The Bertz CT molecular complexity index is 313. The van der Waals surface area contributed by atoms with Crippen molar-refractivity contribution in [3.63, 3.8) is 0 Å². The molecule has 2 nitrogen and oxygen atoms in total. The Balaban J connectivity index is 2.47. The summed E-state index contributed by atoms with van der Waals surface area (Å²) in [6, 6.07) is 5.55. The first-order chi connectivity index (χ1) is 5.68. The Labute approximate surface area is 76.3 Å². The average Bonchev–Trinajstić information content (AvgIpc) is 2.28. The van der Waals surface area contributed by atoms with Gasteiger partial charge < -0.3 is 10.5 Å². The third-order valence-electron chi connectivity index (χ3n) is 2.15. The lowest BCUT2D eigenvalue weighted by Crippen LogP contribution is -2.21. The summed E-state index contributed by atoms with van der Waals surface area (Å²) in [7, 11) is 0. The third kappa shape index (κ3) is 1.08. The Hall–Kier alpha value is -0.730. The second kappa shape index (κ2) is 2.64. The zero-order valence-electron chi connectivity index (χ0n) is 6.75. The Morgan fingerprint density at radius 1 is 1.50 bits per heavy atom. The molecular formula is C9H10ClNO. The molecule has 2 rings (SSSR count). The Morgan fingerprint density at radius 2 is 2.25 bits per heavy atom. The highest BCUT2D eigenvalue weighted by Gasteiger charge is 2.27. The Morgan fingerprint density at radius 3 is 3.00 bits per heavy atom. The van der Waals surface area contributed by atoms with E-state index in [0.29, 0.717) is 5.02 Å². The van der Waals surface area contributed by atoms with Gasteiger partial charge in [0.15, 0.2) is 0 Å². The van der Waals surface area contributed by atoms with E-state index in [1.807, 2.05) is 19.1 Å². The van der Waals surface area contributed by atoms with Crippen molar-refractivity contribution in [3.8, 4) is 5.75 Å². The summed E-state index contributed by atoms with van der Waals surface area (Å²) in [4.78, 5) is 0. The van der Waals surface area contributed by atoms with Gasteiger partial charge in [-0.3, -0.25) is 0 Å². The van der Waals surface area contributed by atoms with Gasteiger partial charge in [0, 0.05) is 10.6 Å². The predicted octanol–water partition coefficient (Wildman–Crippen LogP) is 2.12. The van der Waals surface area contributed by atoms with E-state index < -0.39 is 0 Å². The van der Waals surface area contributed by atoms with Crippen LogP contribution in [0.3, 0.4) is 0 Å². The second-order valence-corrected chi connectivity index (χ2v) is 3.47. The standard InChI is InChI=1S/C9H10ClNO/c1-5-9(11)7-3-2-6(10)4-8(7)12-5/h2-5,9H,11H2,1H3. The maximum Gasteiger partial charge on any atom is 0.126 e. The molecule has 0 bridgehead atoms. The molecule has 2 atom stereocenters. The molecule has 0 saturated heterocycles. The first-order valence-corrected chi connectivity index (χ1v) is 4.28. The lowest BCUT2D eigenvalue weighted by Gasteiger charge is -2.07. The molecule has 2 N–H and O–H groups in total. The number of benzene rings is 1. The number of fused-ring (bicyclic) bond motifs is 1. The van der Waals surface area contributed by atoms with E-state index in [0.717, 1.165) is 11.3 Å². The topological polar surface area (TPSA) is 35.2 Å². The van der Waals surface area contributed by atoms with Crippen LogP contribution in [0.25, 0.3) is 0 Å². The number of halogens is 1. The number of hydrogen-bond acceptors (Lipinski definition) is 2. The summed E-state index contributed by atoms with van der Waals surface area (Å²) < 4.78 is 5.49.